The fraction of sp³-hybridized carbons (Fsp3) is 0.474. The Morgan fingerprint density at radius 1 is 1.36 bits per heavy atom. The van der Waals surface area contributed by atoms with Crippen LogP contribution >= 0.6 is 0 Å². The lowest BCUT2D eigenvalue weighted by Crippen LogP contribution is -2.44. The fourth-order valence-electron chi connectivity index (χ4n) is 3.06. The number of aryl methyl sites for hydroxylation is 1. The summed E-state index contributed by atoms with van der Waals surface area (Å²) in [6.07, 6.45) is 0.324. The first-order valence-corrected chi connectivity index (χ1v) is 8.64. The van der Waals surface area contributed by atoms with Crippen LogP contribution in [-0.2, 0) is 22.6 Å². The molecule has 6 heteroatoms. The van der Waals surface area contributed by atoms with Crippen molar-refractivity contribution < 1.29 is 14.1 Å². The van der Waals surface area contributed by atoms with Crippen molar-refractivity contribution in [2.24, 2.45) is 0 Å². The van der Waals surface area contributed by atoms with Gasteiger partial charge in [0.05, 0.1) is 25.7 Å². The molecule has 0 aliphatic carbocycles. The summed E-state index contributed by atoms with van der Waals surface area (Å²) in [6, 6.07) is 12.2. The lowest BCUT2D eigenvalue weighted by atomic mass is 10.1. The van der Waals surface area contributed by atoms with Crippen molar-refractivity contribution >= 4 is 5.91 Å². The van der Waals surface area contributed by atoms with Crippen molar-refractivity contribution in [3.63, 3.8) is 0 Å². The van der Waals surface area contributed by atoms with Gasteiger partial charge in [0.1, 0.15) is 11.5 Å². The first-order valence-electron chi connectivity index (χ1n) is 8.64. The van der Waals surface area contributed by atoms with E-state index in [2.05, 4.69) is 34.3 Å². The summed E-state index contributed by atoms with van der Waals surface area (Å²) >= 11 is 0. The van der Waals surface area contributed by atoms with E-state index in [4.69, 9.17) is 9.26 Å². The molecule has 1 aromatic heterocycles. The van der Waals surface area contributed by atoms with E-state index < -0.39 is 0 Å². The van der Waals surface area contributed by atoms with E-state index in [1.807, 2.05) is 19.1 Å². The molecule has 3 rings (SSSR count). The van der Waals surface area contributed by atoms with Gasteiger partial charge >= 0.3 is 0 Å². The summed E-state index contributed by atoms with van der Waals surface area (Å²) < 4.78 is 10.8. The van der Waals surface area contributed by atoms with E-state index in [9.17, 15) is 4.79 Å². The topological polar surface area (TPSA) is 58.8 Å². The van der Waals surface area contributed by atoms with Crippen LogP contribution in [0.3, 0.4) is 0 Å². The summed E-state index contributed by atoms with van der Waals surface area (Å²) in [4.78, 5) is 16.5. The minimum Gasteiger partial charge on any atom is -0.375 e. The van der Waals surface area contributed by atoms with Gasteiger partial charge in [0.25, 0.3) is 0 Å². The van der Waals surface area contributed by atoms with Gasteiger partial charge in [-0.25, -0.2) is 0 Å². The smallest absolute Gasteiger partial charge is 0.225 e. The van der Waals surface area contributed by atoms with Crippen LogP contribution < -0.4 is 0 Å². The van der Waals surface area contributed by atoms with Crippen LogP contribution in [0, 0.1) is 6.92 Å². The second-order valence-electron chi connectivity index (χ2n) is 6.60. The number of carbonyl (C=O) groups excluding carboxylic acids is 1. The van der Waals surface area contributed by atoms with Crippen molar-refractivity contribution in [1.29, 1.82) is 0 Å². The van der Waals surface area contributed by atoms with Crippen molar-refractivity contribution in [3.05, 3.63) is 53.4 Å². The summed E-state index contributed by atoms with van der Waals surface area (Å²) in [5, 5.41) is 3.94. The molecule has 2 heterocycles. The number of hydrogen-bond acceptors (Lipinski definition) is 5. The monoisotopic (exact) mass is 343 g/mol. The molecular formula is C19H25N3O3. The Morgan fingerprint density at radius 3 is 2.88 bits per heavy atom. The normalized spacial score (nSPS) is 18.2. The molecule has 0 spiro atoms. The van der Waals surface area contributed by atoms with Crippen LogP contribution in [0.25, 0.3) is 0 Å². The van der Waals surface area contributed by atoms with Crippen LogP contribution in [0.2, 0.25) is 0 Å². The van der Waals surface area contributed by atoms with Gasteiger partial charge in [-0.3, -0.25) is 9.69 Å². The molecule has 1 aromatic carbocycles. The van der Waals surface area contributed by atoms with Gasteiger partial charge in [0.2, 0.25) is 5.91 Å². The maximum absolute atomic E-state index is 12.5. The third-order valence-corrected chi connectivity index (χ3v) is 4.38. The third kappa shape index (κ3) is 5.14. The fourth-order valence-corrected chi connectivity index (χ4v) is 3.06. The number of nitrogens with zero attached hydrogens (tertiary/aromatic N) is 3. The van der Waals surface area contributed by atoms with E-state index in [0.29, 0.717) is 19.6 Å². The molecule has 6 nitrogen and oxygen atoms in total. The molecule has 1 aliphatic heterocycles. The minimum absolute atomic E-state index is 0.0622. The van der Waals surface area contributed by atoms with E-state index in [1.165, 1.54) is 5.56 Å². The summed E-state index contributed by atoms with van der Waals surface area (Å²) in [7, 11) is 1.79. The highest BCUT2D eigenvalue weighted by Crippen LogP contribution is 2.14. The van der Waals surface area contributed by atoms with Gasteiger partial charge in [-0.2, -0.15) is 0 Å². The zero-order valence-electron chi connectivity index (χ0n) is 14.9. The van der Waals surface area contributed by atoms with E-state index >= 15 is 0 Å². The molecule has 134 valence electrons. The van der Waals surface area contributed by atoms with Crippen molar-refractivity contribution in [2.75, 3.05) is 26.7 Å². The van der Waals surface area contributed by atoms with Gasteiger partial charge in [-0.15, -0.1) is 0 Å². The highest BCUT2D eigenvalue weighted by Gasteiger charge is 2.24. The Hall–Kier alpha value is -2.18. The molecule has 1 amide bonds. The lowest BCUT2D eigenvalue weighted by Gasteiger charge is -2.33. The van der Waals surface area contributed by atoms with Crippen molar-refractivity contribution in [1.82, 2.24) is 15.0 Å². The molecule has 0 radical (unpaired) electrons. The quantitative estimate of drug-likeness (QED) is 0.805. The molecule has 25 heavy (non-hydrogen) atoms. The van der Waals surface area contributed by atoms with Crippen LogP contribution in [0.4, 0.5) is 0 Å². The average Bonchev–Trinajstić information content (AvgIpc) is 3.01. The predicted octanol–water partition coefficient (Wildman–Crippen LogP) is 2.23. The number of benzene rings is 1. The Kier molecular flexibility index (Phi) is 5.83. The van der Waals surface area contributed by atoms with Crippen molar-refractivity contribution in [2.45, 2.75) is 32.5 Å². The Morgan fingerprint density at radius 2 is 2.16 bits per heavy atom. The maximum atomic E-state index is 12.5. The molecule has 1 fully saturated rings. The van der Waals surface area contributed by atoms with Gasteiger partial charge in [0.15, 0.2) is 0 Å². The average molecular weight is 343 g/mol. The molecule has 0 saturated carbocycles. The Labute approximate surface area is 148 Å². The highest BCUT2D eigenvalue weighted by molar-refractivity contribution is 5.76. The maximum Gasteiger partial charge on any atom is 0.225 e. The first-order chi connectivity index (χ1) is 12.1. The SMILES string of the molecule is Cc1cc(CN(C)C(=O)C[C@H]2CN(Cc3ccccc3)CCO2)no1. The standard InChI is InChI=1S/C19H25N3O3/c1-15-10-17(20-25-15)13-21(2)19(23)11-18-14-22(8-9-24-18)12-16-6-4-3-5-7-16/h3-7,10,18H,8-9,11-14H2,1-2H3/t18-/m0/s1. The zero-order chi connectivity index (χ0) is 17.6. The molecule has 1 saturated heterocycles. The third-order valence-electron chi connectivity index (χ3n) is 4.38. The summed E-state index contributed by atoms with van der Waals surface area (Å²) in [6.45, 7) is 5.53. The van der Waals surface area contributed by atoms with Crippen LogP contribution in [0.1, 0.15) is 23.4 Å². The molecule has 2 aromatic rings. The molecule has 0 unspecified atom stereocenters. The van der Waals surface area contributed by atoms with Gasteiger partial charge in [0, 0.05) is 32.7 Å². The zero-order valence-corrected chi connectivity index (χ0v) is 14.9. The number of hydrogen-bond donors (Lipinski definition) is 0. The number of aromatic nitrogens is 1. The van der Waals surface area contributed by atoms with Gasteiger partial charge in [-0.05, 0) is 12.5 Å². The molecule has 0 N–H and O–H groups in total. The lowest BCUT2D eigenvalue weighted by molar-refractivity contribution is -0.135. The number of morpholine rings is 1. The van der Waals surface area contributed by atoms with E-state index in [1.54, 1.807) is 11.9 Å². The van der Waals surface area contributed by atoms with E-state index in [-0.39, 0.29) is 12.0 Å². The van der Waals surface area contributed by atoms with Crippen LogP contribution in [-0.4, -0.2) is 53.7 Å². The molecule has 1 atom stereocenters. The highest BCUT2D eigenvalue weighted by atomic mass is 16.5. The number of amides is 1. The minimum atomic E-state index is -0.0635. The number of ether oxygens (including phenoxy) is 1. The Balaban J connectivity index is 1.48. The molecule has 0 bridgehead atoms. The summed E-state index contributed by atoms with van der Waals surface area (Å²) in [5.74, 6) is 0.815. The first kappa shape index (κ1) is 17.6. The Bertz CT molecular complexity index is 686. The van der Waals surface area contributed by atoms with Crippen molar-refractivity contribution in [3.8, 4) is 0 Å². The van der Waals surface area contributed by atoms with Gasteiger partial charge < -0.3 is 14.2 Å². The second kappa shape index (κ2) is 8.27. The van der Waals surface area contributed by atoms with E-state index in [0.717, 1.165) is 31.1 Å². The number of rotatable bonds is 6. The molecular weight excluding hydrogens is 318 g/mol. The second-order valence-corrected chi connectivity index (χ2v) is 6.60. The van der Waals surface area contributed by atoms with Crippen LogP contribution in [0.5, 0.6) is 0 Å². The van der Waals surface area contributed by atoms with Crippen LogP contribution in [0.15, 0.2) is 40.9 Å². The predicted molar refractivity (Wildman–Crippen MR) is 93.8 cm³/mol. The summed E-state index contributed by atoms with van der Waals surface area (Å²) in [5.41, 5.74) is 2.05. The molecule has 1 aliphatic rings. The van der Waals surface area contributed by atoms with Gasteiger partial charge in [-0.1, -0.05) is 35.5 Å². The number of carbonyl (C=O) groups is 1. The largest absolute Gasteiger partial charge is 0.375 e.